The van der Waals surface area contributed by atoms with Gasteiger partial charge in [-0.3, -0.25) is 9.48 Å². The number of rotatable bonds is 4. The van der Waals surface area contributed by atoms with Crippen LogP contribution in [0.1, 0.15) is 27.2 Å². The molecule has 2 aromatic heterocycles. The standard InChI is InChI=1S/C21H21F3N6O/c1-12-17(11-30(3)28-12)27-18-9-16(14(10-25-18)21(22,23)24)26-15-6-4-5-13-7-8-29(2)20(31)19(13)15/h4-6,9-11H,7-8H2,1-3H3,(H2,25,26,27). The zero-order valence-electron chi connectivity index (χ0n) is 17.2. The zero-order chi connectivity index (χ0) is 22.3. The van der Waals surface area contributed by atoms with E-state index in [4.69, 9.17) is 0 Å². The molecule has 4 rings (SSSR count). The Morgan fingerprint density at radius 3 is 2.55 bits per heavy atom. The molecule has 1 aromatic carbocycles. The number of benzene rings is 1. The van der Waals surface area contributed by atoms with Crippen molar-refractivity contribution < 1.29 is 18.0 Å². The number of nitrogens with zero attached hydrogens (tertiary/aromatic N) is 4. The van der Waals surface area contributed by atoms with Crippen molar-refractivity contribution in [1.82, 2.24) is 19.7 Å². The Balaban J connectivity index is 1.75. The molecule has 2 N–H and O–H groups in total. The number of halogens is 3. The highest BCUT2D eigenvalue weighted by atomic mass is 19.4. The van der Waals surface area contributed by atoms with Gasteiger partial charge in [0.05, 0.1) is 33.9 Å². The van der Waals surface area contributed by atoms with Gasteiger partial charge >= 0.3 is 6.18 Å². The third-order valence-corrected chi connectivity index (χ3v) is 5.18. The van der Waals surface area contributed by atoms with Crippen molar-refractivity contribution in [2.45, 2.75) is 19.5 Å². The van der Waals surface area contributed by atoms with Gasteiger partial charge in [-0.1, -0.05) is 12.1 Å². The number of amides is 1. The number of pyridine rings is 1. The largest absolute Gasteiger partial charge is 0.419 e. The number of anilines is 4. The third-order valence-electron chi connectivity index (χ3n) is 5.18. The SMILES string of the molecule is Cc1nn(C)cc1Nc1cc(Nc2cccc3c2C(=O)N(C)CC3)c(C(F)(F)F)cn1. The van der Waals surface area contributed by atoms with Crippen LogP contribution >= 0.6 is 0 Å². The topological polar surface area (TPSA) is 75.1 Å². The van der Waals surface area contributed by atoms with Crippen LogP contribution in [0.5, 0.6) is 0 Å². The number of nitrogens with one attached hydrogen (secondary N) is 2. The predicted molar refractivity (Wildman–Crippen MR) is 111 cm³/mol. The Bertz CT molecular complexity index is 1150. The fourth-order valence-electron chi connectivity index (χ4n) is 3.60. The van der Waals surface area contributed by atoms with Crippen LogP contribution in [0.3, 0.4) is 0 Å². The van der Waals surface area contributed by atoms with Crippen LogP contribution in [0.15, 0.2) is 36.7 Å². The molecular formula is C21H21F3N6O. The van der Waals surface area contributed by atoms with E-state index in [2.05, 4.69) is 20.7 Å². The second-order valence-corrected chi connectivity index (χ2v) is 7.48. The Kier molecular flexibility index (Phi) is 5.08. The normalized spacial score (nSPS) is 13.9. The Hall–Kier alpha value is -3.56. The highest BCUT2D eigenvalue weighted by molar-refractivity contribution is 6.02. The molecule has 3 heterocycles. The number of carbonyl (C=O) groups is 1. The van der Waals surface area contributed by atoms with Crippen LogP contribution in [0.25, 0.3) is 0 Å². The van der Waals surface area contributed by atoms with Gasteiger partial charge in [0.15, 0.2) is 0 Å². The summed E-state index contributed by atoms with van der Waals surface area (Å²) in [5.41, 5.74) is 1.73. The van der Waals surface area contributed by atoms with Crippen LogP contribution in [-0.2, 0) is 19.6 Å². The van der Waals surface area contributed by atoms with E-state index in [1.807, 2.05) is 6.07 Å². The van der Waals surface area contributed by atoms with E-state index in [-0.39, 0.29) is 17.4 Å². The number of aromatic nitrogens is 3. The molecule has 0 bridgehead atoms. The third kappa shape index (κ3) is 4.05. The monoisotopic (exact) mass is 430 g/mol. The lowest BCUT2D eigenvalue weighted by Gasteiger charge is -2.27. The summed E-state index contributed by atoms with van der Waals surface area (Å²) in [6, 6.07) is 6.44. The summed E-state index contributed by atoms with van der Waals surface area (Å²) < 4.78 is 42.6. The van der Waals surface area contributed by atoms with Crippen LogP contribution in [0.4, 0.5) is 36.1 Å². The van der Waals surface area contributed by atoms with Gasteiger partial charge in [0, 0.05) is 39.1 Å². The maximum atomic E-state index is 13.7. The van der Waals surface area contributed by atoms with Gasteiger partial charge < -0.3 is 15.5 Å². The first kappa shape index (κ1) is 20.7. The molecule has 0 saturated heterocycles. The fourth-order valence-corrected chi connectivity index (χ4v) is 3.60. The van der Waals surface area contributed by atoms with Gasteiger partial charge in [-0.15, -0.1) is 0 Å². The van der Waals surface area contributed by atoms with Crippen LogP contribution < -0.4 is 10.6 Å². The van der Waals surface area contributed by atoms with Crippen molar-refractivity contribution in [2.24, 2.45) is 7.05 Å². The summed E-state index contributed by atoms with van der Waals surface area (Å²) in [5, 5.41) is 10.0. The summed E-state index contributed by atoms with van der Waals surface area (Å²) in [4.78, 5) is 18.2. The molecule has 3 aromatic rings. The van der Waals surface area contributed by atoms with Crippen molar-refractivity contribution in [3.05, 3.63) is 59.0 Å². The van der Waals surface area contributed by atoms with Crippen LogP contribution in [-0.4, -0.2) is 39.2 Å². The molecule has 0 atom stereocenters. The molecule has 162 valence electrons. The minimum absolute atomic E-state index is 0.194. The van der Waals surface area contributed by atoms with Gasteiger partial charge in [-0.05, 0) is 25.0 Å². The minimum atomic E-state index is -4.62. The summed E-state index contributed by atoms with van der Waals surface area (Å²) in [6.45, 7) is 2.35. The average Bonchev–Trinajstić information content (AvgIpc) is 3.01. The first-order chi connectivity index (χ1) is 14.6. The van der Waals surface area contributed by atoms with Crippen molar-refractivity contribution in [2.75, 3.05) is 24.2 Å². The molecule has 1 aliphatic rings. The number of carbonyl (C=O) groups excluding carboxylic acids is 1. The number of hydrogen-bond donors (Lipinski definition) is 2. The van der Waals surface area contributed by atoms with E-state index in [0.29, 0.717) is 35.6 Å². The number of aryl methyl sites for hydroxylation is 2. The van der Waals surface area contributed by atoms with Crippen LogP contribution in [0, 0.1) is 6.92 Å². The lowest BCUT2D eigenvalue weighted by Crippen LogP contribution is -2.34. The highest BCUT2D eigenvalue weighted by Gasteiger charge is 2.35. The Morgan fingerprint density at radius 1 is 1.10 bits per heavy atom. The number of likely N-dealkylation sites (N-methyl/N-ethyl adjacent to an activating group) is 1. The van der Waals surface area contributed by atoms with Crippen LogP contribution in [0.2, 0.25) is 0 Å². The van der Waals surface area contributed by atoms with E-state index in [1.165, 1.54) is 6.07 Å². The Morgan fingerprint density at radius 2 is 1.87 bits per heavy atom. The van der Waals surface area contributed by atoms with Gasteiger partial charge in [-0.2, -0.15) is 18.3 Å². The molecule has 7 nitrogen and oxygen atoms in total. The molecule has 1 amide bonds. The first-order valence-corrected chi connectivity index (χ1v) is 9.62. The molecule has 0 fully saturated rings. The average molecular weight is 430 g/mol. The molecule has 0 unspecified atom stereocenters. The lowest BCUT2D eigenvalue weighted by molar-refractivity contribution is -0.137. The van der Waals surface area contributed by atoms with Gasteiger partial charge in [0.2, 0.25) is 0 Å². The quantitative estimate of drug-likeness (QED) is 0.647. The minimum Gasteiger partial charge on any atom is -0.354 e. The molecule has 31 heavy (non-hydrogen) atoms. The molecular weight excluding hydrogens is 409 g/mol. The highest BCUT2D eigenvalue weighted by Crippen LogP contribution is 2.38. The van der Waals surface area contributed by atoms with Crippen molar-refractivity contribution in [1.29, 1.82) is 0 Å². The van der Waals surface area contributed by atoms with E-state index >= 15 is 0 Å². The van der Waals surface area contributed by atoms with E-state index in [1.54, 1.807) is 48.9 Å². The van der Waals surface area contributed by atoms with E-state index in [0.717, 1.165) is 11.8 Å². The second kappa shape index (κ2) is 7.60. The van der Waals surface area contributed by atoms with E-state index < -0.39 is 11.7 Å². The van der Waals surface area contributed by atoms with Gasteiger partial charge in [-0.25, -0.2) is 4.98 Å². The molecule has 10 heteroatoms. The number of alkyl halides is 3. The molecule has 1 aliphatic heterocycles. The predicted octanol–water partition coefficient (Wildman–Crippen LogP) is 4.26. The summed E-state index contributed by atoms with van der Waals surface area (Å²) in [7, 11) is 3.42. The smallest absolute Gasteiger partial charge is 0.354 e. The summed E-state index contributed by atoms with van der Waals surface area (Å²) in [5.74, 6) is -0.00357. The molecule has 0 spiro atoms. The molecule has 0 saturated carbocycles. The Labute approximate surface area is 176 Å². The van der Waals surface area contributed by atoms with Crippen molar-refractivity contribution in [3.63, 3.8) is 0 Å². The molecule has 0 radical (unpaired) electrons. The summed E-state index contributed by atoms with van der Waals surface area (Å²) in [6.07, 6.45) is -1.49. The number of hydrogen-bond acceptors (Lipinski definition) is 5. The summed E-state index contributed by atoms with van der Waals surface area (Å²) >= 11 is 0. The second-order valence-electron chi connectivity index (χ2n) is 7.48. The number of fused-ring (bicyclic) bond motifs is 1. The van der Waals surface area contributed by atoms with Gasteiger partial charge in [0.1, 0.15) is 5.82 Å². The lowest BCUT2D eigenvalue weighted by atomic mass is 9.97. The van der Waals surface area contributed by atoms with Crippen molar-refractivity contribution in [3.8, 4) is 0 Å². The van der Waals surface area contributed by atoms with Gasteiger partial charge in [0.25, 0.3) is 5.91 Å². The van der Waals surface area contributed by atoms with Crippen molar-refractivity contribution >= 4 is 28.8 Å². The maximum Gasteiger partial charge on any atom is 0.419 e. The maximum absolute atomic E-state index is 13.7. The fraction of sp³-hybridized carbons (Fsp3) is 0.286. The van der Waals surface area contributed by atoms with E-state index in [9.17, 15) is 18.0 Å². The molecule has 0 aliphatic carbocycles. The zero-order valence-corrected chi connectivity index (χ0v) is 17.2. The first-order valence-electron chi connectivity index (χ1n) is 9.62.